The summed E-state index contributed by atoms with van der Waals surface area (Å²) in [5.74, 6) is 0. The molecule has 1 aliphatic heterocycles. The van der Waals surface area contributed by atoms with Crippen LogP contribution in [0.15, 0.2) is 18.2 Å². The number of hydrogen-bond donors (Lipinski definition) is 2. The Kier molecular flexibility index (Phi) is 6.95. The van der Waals surface area contributed by atoms with Crippen molar-refractivity contribution in [3.63, 3.8) is 0 Å². The molecule has 8 heteroatoms. The van der Waals surface area contributed by atoms with Crippen molar-refractivity contribution in [1.29, 1.82) is 0 Å². The summed E-state index contributed by atoms with van der Waals surface area (Å²) in [5, 5.41) is 7.13. The van der Waals surface area contributed by atoms with Gasteiger partial charge in [0.2, 0.25) is 0 Å². The average Bonchev–Trinajstić information content (AvgIpc) is 3.55. The molecule has 0 atom stereocenters. The Morgan fingerprint density at radius 3 is 2.30 bits per heavy atom. The second kappa shape index (κ2) is 9.49. The van der Waals surface area contributed by atoms with Gasteiger partial charge in [-0.1, -0.05) is 29.3 Å². The number of amides is 2. The summed E-state index contributed by atoms with van der Waals surface area (Å²) in [5.41, 5.74) is -0.138. The number of carbonyl (C=O) groups is 1. The Morgan fingerprint density at radius 2 is 1.67 bits per heavy atom. The average molecular weight is 457 g/mol. The van der Waals surface area contributed by atoms with E-state index in [0.29, 0.717) is 35.3 Å². The number of carbonyl (C=O) groups excluding carboxylic acids is 1. The van der Waals surface area contributed by atoms with Gasteiger partial charge in [0.05, 0.1) is 15.7 Å². The van der Waals surface area contributed by atoms with E-state index >= 15 is 4.39 Å². The third-order valence-electron chi connectivity index (χ3n) is 6.65. The van der Waals surface area contributed by atoms with E-state index in [1.165, 1.54) is 0 Å². The Labute approximate surface area is 188 Å². The van der Waals surface area contributed by atoms with Crippen LogP contribution in [-0.2, 0) is 0 Å². The number of rotatable bonds is 6. The third-order valence-corrected chi connectivity index (χ3v) is 7.46. The van der Waals surface area contributed by atoms with Crippen LogP contribution in [0.5, 0.6) is 0 Å². The zero-order valence-electron chi connectivity index (χ0n) is 17.3. The molecule has 0 aromatic heterocycles. The van der Waals surface area contributed by atoms with Crippen molar-refractivity contribution in [2.75, 3.05) is 37.6 Å². The van der Waals surface area contributed by atoms with Gasteiger partial charge < -0.3 is 15.5 Å². The van der Waals surface area contributed by atoms with Gasteiger partial charge in [-0.15, -0.1) is 0 Å². The summed E-state index contributed by atoms with van der Waals surface area (Å²) in [6.07, 6.45) is 5.20. The molecule has 1 aromatic rings. The molecule has 3 fully saturated rings. The molecule has 2 aliphatic carbocycles. The molecule has 30 heavy (non-hydrogen) atoms. The smallest absolute Gasteiger partial charge is 0.315 e. The van der Waals surface area contributed by atoms with Crippen LogP contribution < -0.4 is 15.5 Å². The molecule has 1 heterocycles. The Balaban J connectivity index is 1.17. The summed E-state index contributed by atoms with van der Waals surface area (Å²) in [6, 6.07) is 6.07. The van der Waals surface area contributed by atoms with Crippen molar-refractivity contribution < 1.29 is 9.18 Å². The fourth-order valence-electron chi connectivity index (χ4n) is 4.48. The van der Waals surface area contributed by atoms with Gasteiger partial charge in [0.25, 0.3) is 0 Å². The maximum atomic E-state index is 15.3. The topological polar surface area (TPSA) is 47.6 Å². The maximum absolute atomic E-state index is 15.3. The molecule has 1 saturated heterocycles. The van der Waals surface area contributed by atoms with Crippen LogP contribution in [0, 0.1) is 0 Å². The van der Waals surface area contributed by atoms with Crippen LogP contribution in [0.25, 0.3) is 0 Å². The van der Waals surface area contributed by atoms with Crippen LogP contribution in [0.4, 0.5) is 14.9 Å². The van der Waals surface area contributed by atoms with Gasteiger partial charge >= 0.3 is 6.03 Å². The predicted molar refractivity (Wildman–Crippen MR) is 121 cm³/mol. The zero-order valence-corrected chi connectivity index (χ0v) is 18.8. The first-order valence-electron chi connectivity index (χ1n) is 11.1. The lowest BCUT2D eigenvalue weighted by molar-refractivity contribution is 0.0688. The third kappa shape index (κ3) is 5.71. The molecule has 2 saturated carbocycles. The van der Waals surface area contributed by atoms with E-state index in [-0.39, 0.29) is 12.1 Å². The number of nitrogens with one attached hydrogen (secondary N) is 2. The number of alkyl halides is 1. The fraction of sp³-hybridized carbons (Fsp3) is 0.682. The highest BCUT2D eigenvalue weighted by atomic mass is 35.5. The van der Waals surface area contributed by atoms with Crippen molar-refractivity contribution in [2.24, 2.45) is 0 Å². The number of piperazine rings is 1. The Morgan fingerprint density at radius 1 is 1.03 bits per heavy atom. The van der Waals surface area contributed by atoms with Gasteiger partial charge in [0, 0.05) is 44.8 Å². The second-order valence-corrected chi connectivity index (χ2v) is 9.75. The first-order valence-corrected chi connectivity index (χ1v) is 11.8. The molecule has 3 aliphatic rings. The van der Waals surface area contributed by atoms with E-state index in [1.54, 1.807) is 6.07 Å². The van der Waals surface area contributed by atoms with Gasteiger partial charge in [-0.2, -0.15) is 0 Å². The highest BCUT2D eigenvalue weighted by molar-refractivity contribution is 6.43. The molecular weight excluding hydrogens is 426 g/mol. The molecule has 1 aromatic carbocycles. The van der Waals surface area contributed by atoms with Gasteiger partial charge in [-0.3, -0.25) is 4.90 Å². The quantitative estimate of drug-likeness (QED) is 0.656. The summed E-state index contributed by atoms with van der Waals surface area (Å²) in [6.45, 7) is 4.28. The molecule has 2 amide bonds. The standard InChI is InChI=1S/C22H31Cl2FN4O/c23-18-2-1-3-19(20(18)24)29-14-12-28(13-15-29)11-10-22(25)8-6-17(7-9-22)27-21(30)26-16-4-5-16/h1-3,16-17H,4-15H2,(H2,26,27,30). The van der Waals surface area contributed by atoms with E-state index in [4.69, 9.17) is 23.2 Å². The lowest BCUT2D eigenvalue weighted by Gasteiger charge is -2.39. The van der Waals surface area contributed by atoms with Crippen molar-refractivity contribution >= 4 is 34.9 Å². The monoisotopic (exact) mass is 456 g/mol. The Bertz CT molecular complexity index is 745. The number of benzene rings is 1. The van der Waals surface area contributed by atoms with Gasteiger partial charge in [-0.25, -0.2) is 9.18 Å². The lowest BCUT2D eigenvalue weighted by Crippen LogP contribution is -2.49. The van der Waals surface area contributed by atoms with Gasteiger partial charge in [0.15, 0.2) is 0 Å². The van der Waals surface area contributed by atoms with Crippen LogP contribution in [-0.4, -0.2) is 61.4 Å². The molecule has 0 unspecified atom stereocenters. The first kappa shape index (κ1) is 22.0. The number of urea groups is 1. The largest absolute Gasteiger partial charge is 0.368 e. The van der Waals surface area contributed by atoms with E-state index in [9.17, 15) is 4.79 Å². The Hall–Kier alpha value is -1.24. The molecule has 4 rings (SSSR count). The number of nitrogens with zero attached hydrogens (tertiary/aromatic N) is 2. The minimum absolute atomic E-state index is 0.0912. The summed E-state index contributed by atoms with van der Waals surface area (Å²) >= 11 is 12.5. The first-order chi connectivity index (χ1) is 14.4. The van der Waals surface area contributed by atoms with Gasteiger partial charge in [0.1, 0.15) is 5.67 Å². The summed E-state index contributed by atoms with van der Waals surface area (Å²) in [7, 11) is 0. The molecule has 2 N–H and O–H groups in total. The SMILES string of the molecule is O=C(NC1CC1)NC1CCC(F)(CCN2CCN(c3cccc(Cl)c3Cl)CC2)CC1. The highest BCUT2D eigenvalue weighted by Gasteiger charge is 2.36. The van der Waals surface area contributed by atoms with E-state index in [0.717, 1.165) is 64.1 Å². The molecule has 0 bridgehead atoms. The van der Waals surface area contributed by atoms with E-state index < -0.39 is 5.67 Å². The molecule has 0 radical (unpaired) electrons. The van der Waals surface area contributed by atoms with Crippen LogP contribution in [0.2, 0.25) is 10.0 Å². The van der Waals surface area contributed by atoms with Crippen LogP contribution >= 0.6 is 23.2 Å². The zero-order chi connectivity index (χ0) is 21.1. The fourth-order valence-corrected chi connectivity index (χ4v) is 4.89. The highest BCUT2D eigenvalue weighted by Crippen LogP contribution is 2.36. The predicted octanol–water partition coefficient (Wildman–Crippen LogP) is 4.62. The molecule has 166 valence electrons. The van der Waals surface area contributed by atoms with E-state index in [2.05, 4.69) is 20.4 Å². The molecular formula is C22H31Cl2FN4O. The van der Waals surface area contributed by atoms with Gasteiger partial charge in [-0.05, 0) is 57.1 Å². The maximum Gasteiger partial charge on any atom is 0.315 e. The van der Waals surface area contributed by atoms with Crippen LogP contribution in [0.1, 0.15) is 44.9 Å². The van der Waals surface area contributed by atoms with Crippen LogP contribution in [0.3, 0.4) is 0 Å². The molecule has 0 spiro atoms. The normalized spacial score (nSPS) is 27.7. The lowest BCUT2D eigenvalue weighted by atomic mass is 9.81. The van der Waals surface area contributed by atoms with Crippen molar-refractivity contribution in [3.05, 3.63) is 28.2 Å². The summed E-state index contributed by atoms with van der Waals surface area (Å²) < 4.78 is 15.3. The van der Waals surface area contributed by atoms with Crippen molar-refractivity contribution in [1.82, 2.24) is 15.5 Å². The minimum Gasteiger partial charge on any atom is -0.368 e. The van der Waals surface area contributed by atoms with Crippen molar-refractivity contribution in [2.45, 2.75) is 62.7 Å². The number of anilines is 1. The summed E-state index contributed by atoms with van der Waals surface area (Å²) in [4.78, 5) is 16.5. The van der Waals surface area contributed by atoms with E-state index in [1.807, 2.05) is 12.1 Å². The number of halogens is 3. The minimum atomic E-state index is -1.11. The van der Waals surface area contributed by atoms with Crippen molar-refractivity contribution in [3.8, 4) is 0 Å². The number of hydrogen-bond acceptors (Lipinski definition) is 3. The molecule has 5 nitrogen and oxygen atoms in total. The second-order valence-electron chi connectivity index (χ2n) is 8.97.